The fourth-order valence-electron chi connectivity index (χ4n) is 2.15. The van der Waals surface area contributed by atoms with Crippen LogP contribution in [0, 0.1) is 0 Å². The lowest BCUT2D eigenvalue weighted by atomic mass is 10.1. The summed E-state index contributed by atoms with van der Waals surface area (Å²) < 4.78 is 0. The Bertz CT molecular complexity index is 320. The van der Waals surface area contributed by atoms with Crippen molar-refractivity contribution in [1.29, 1.82) is 0 Å². The Kier molecular flexibility index (Phi) is 2.73. The van der Waals surface area contributed by atoms with Crippen LogP contribution in [0.25, 0.3) is 0 Å². The van der Waals surface area contributed by atoms with E-state index in [2.05, 4.69) is 30.0 Å². The summed E-state index contributed by atoms with van der Waals surface area (Å²) in [5.41, 5.74) is 9.77. The van der Waals surface area contributed by atoms with Gasteiger partial charge in [-0.2, -0.15) is 0 Å². The van der Waals surface area contributed by atoms with Gasteiger partial charge in [0, 0.05) is 25.3 Å². The number of hydrogen-bond donors (Lipinski definition) is 1. The predicted octanol–water partition coefficient (Wildman–Crippen LogP) is 1.92. The van der Waals surface area contributed by atoms with Crippen LogP contribution < -0.4 is 10.6 Å². The molecule has 0 atom stereocenters. The SMILES string of the molecule is CCCN1CCc2cc(CN)ccc21. The summed E-state index contributed by atoms with van der Waals surface area (Å²) in [6.45, 7) is 5.24. The quantitative estimate of drug-likeness (QED) is 0.789. The summed E-state index contributed by atoms with van der Waals surface area (Å²) in [6.07, 6.45) is 2.40. The second-order valence-electron chi connectivity index (χ2n) is 3.90. The maximum atomic E-state index is 5.62. The van der Waals surface area contributed by atoms with E-state index in [0.717, 1.165) is 0 Å². The Morgan fingerprint density at radius 1 is 1.43 bits per heavy atom. The third-order valence-electron chi connectivity index (χ3n) is 2.86. The Morgan fingerprint density at radius 2 is 2.29 bits per heavy atom. The number of nitrogens with two attached hydrogens (primary N) is 1. The summed E-state index contributed by atoms with van der Waals surface area (Å²) in [4.78, 5) is 2.47. The minimum Gasteiger partial charge on any atom is -0.371 e. The summed E-state index contributed by atoms with van der Waals surface area (Å²) >= 11 is 0. The van der Waals surface area contributed by atoms with E-state index in [-0.39, 0.29) is 0 Å². The normalized spacial score (nSPS) is 14.6. The van der Waals surface area contributed by atoms with Crippen LogP contribution in [0.5, 0.6) is 0 Å². The molecule has 1 aromatic rings. The van der Waals surface area contributed by atoms with Crippen LogP contribution in [0.1, 0.15) is 24.5 Å². The zero-order valence-electron chi connectivity index (χ0n) is 8.79. The maximum absolute atomic E-state index is 5.62. The average molecular weight is 190 g/mol. The van der Waals surface area contributed by atoms with Crippen LogP contribution in [0.15, 0.2) is 18.2 Å². The largest absolute Gasteiger partial charge is 0.371 e. The highest BCUT2D eigenvalue weighted by atomic mass is 15.1. The van der Waals surface area contributed by atoms with E-state index in [1.807, 2.05) is 0 Å². The van der Waals surface area contributed by atoms with Crippen molar-refractivity contribution in [2.24, 2.45) is 5.73 Å². The van der Waals surface area contributed by atoms with Crippen LogP contribution in [0.4, 0.5) is 5.69 Å². The number of nitrogens with zero attached hydrogens (tertiary/aromatic N) is 1. The summed E-state index contributed by atoms with van der Waals surface area (Å²) in [5, 5.41) is 0. The molecule has 1 aromatic carbocycles. The zero-order valence-corrected chi connectivity index (χ0v) is 8.79. The van der Waals surface area contributed by atoms with Gasteiger partial charge in [0.1, 0.15) is 0 Å². The molecule has 2 heteroatoms. The topological polar surface area (TPSA) is 29.3 Å². The lowest BCUT2D eigenvalue weighted by Crippen LogP contribution is -2.20. The molecule has 76 valence electrons. The summed E-state index contributed by atoms with van der Waals surface area (Å²) in [6, 6.07) is 6.62. The van der Waals surface area contributed by atoms with Gasteiger partial charge in [-0.05, 0) is 30.0 Å². The molecule has 0 saturated carbocycles. The van der Waals surface area contributed by atoms with Gasteiger partial charge in [-0.25, -0.2) is 0 Å². The minimum absolute atomic E-state index is 0.654. The van der Waals surface area contributed by atoms with Crippen molar-refractivity contribution in [2.45, 2.75) is 26.3 Å². The van der Waals surface area contributed by atoms with Gasteiger partial charge in [0.25, 0.3) is 0 Å². The lowest BCUT2D eigenvalue weighted by molar-refractivity contribution is 0.796. The first-order chi connectivity index (χ1) is 6.85. The third-order valence-corrected chi connectivity index (χ3v) is 2.86. The number of benzene rings is 1. The molecule has 0 saturated heterocycles. The van der Waals surface area contributed by atoms with E-state index >= 15 is 0 Å². The van der Waals surface area contributed by atoms with Gasteiger partial charge in [-0.1, -0.05) is 19.1 Å². The molecule has 0 aromatic heterocycles. The highest BCUT2D eigenvalue weighted by Crippen LogP contribution is 2.28. The molecule has 0 aliphatic carbocycles. The van der Waals surface area contributed by atoms with Crippen molar-refractivity contribution in [2.75, 3.05) is 18.0 Å². The van der Waals surface area contributed by atoms with E-state index in [0.29, 0.717) is 6.54 Å². The van der Waals surface area contributed by atoms with Crippen LogP contribution in [-0.4, -0.2) is 13.1 Å². The Labute approximate surface area is 85.7 Å². The maximum Gasteiger partial charge on any atom is 0.0399 e. The Morgan fingerprint density at radius 3 is 3.00 bits per heavy atom. The minimum atomic E-state index is 0.654. The van der Waals surface area contributed by atoms with Crippen molar-refractivity contribution in [1.82, 2.24) is 0 Å². The van der Waals surface area contributed by atoms with Crippen LogP contribution in [0.2, 0.25) is 0 Å². The predicted molar refractivity (Wildman–Crippen MR) is 60.5 cm³/mol. The third kappa shape index (κ3) is 1.62. The first kappa shape index (κ1) is 9.53. The molecule has 0 bridgehead atoms. The molecule has 1 aliphatic heterocycles. The molecule has 2 nitrogen and oxygen atoms in total. The van der Waals surface area contributed by atoms with E-state index in [1.165, 1.54) is 42.7 Å². The molecule has 0 radical (unpaired) electrons. The van der Waals surface area contributed by atoms with Crippen molar-refractivity contribution in [3.8, 4) is 0 Å². The zero-order chi connectivity index (χ0) is 9.97. The van der Waals surface area contributed by atoms with Gasteiger partial charge in [-0.3, -0.25) is 0 Å². The second kappa shape index (κ2) is 4.01. The molecule has 1 heterocycles. The number of fused-ring (bicyclic) bond motifs is 1. The monoisotopic (exact) mass is 190 g/mol. The summed E-state index contributed by atoms with van der Waals surface area (Å²) in [7, 11) is 0. The van der Waals surface area contributed by atoms with Crippen LogP contribution >= 0.6 is 0 Å². The van der Waals surface area contributed by atoms with Crippen molar-refractivity contribution < 1.29 is 0 Å². The number of anilines is 1. The van der Waals surface area contributed by atoms with E-state index in [4.69, 9.17) is 5.73 Å². The first-order valence-electron chi connectivity index (χ1n) is 5.42. The fraction of sp³-hybridized carbons (Fsp3) is 0.500. The molecule has 2 N–H and O–H groups in total. The molecular weight excluding hydrogens is 172 g/mol. The number of rotatable bonds is 3. The van der Waals surface area contributed by atoms with Crippen molar-refractivity contribution in [3.63, 3.8) is 0 Å². The first-order valence-corrected chi connectivity index (χ1v) is 5.42. The number of hydrogen-bond acceptors (Lipinski definition) is 2. The molecule has 0 amide bonds. The van der Waals surface area contributed by atoms with Crippen LogP contribution in [-0.2, 0) is 13.0 Å². The molecule has 0 spiro atoms. The van der Waals surface area contributed by atoms with Gasteiger partial charge in [0.2, 0.25) is 0 Å². The van der Waals surface area contributed by atoms with E-state index in [9.17, 15) is 0 Å². The molecule has 0 fully saturated rings. The molecular formula is C12H18N2. The molecule has 2 rings (SSSR count). The fourth-order valence-corrected chi connectivity index (χ4v) is 2.15. The Balaban J connectivity index is 2.24. The second-order valence-corrected chi connectivity index (χ2v) is 3.90. The highest BCUT2D eigenvalue weighted by Gasteiger charge is 2.17. The summed E-state index contributed by atoms with van der Waals surface area (Å²) in [5.74, 6) is 0. The van der Waals surface area contributed by atoms with E-state index < -0.39 is 0 Å². The molecule has 1 aliphatic rings. The van der Waals surface area contributed by atoms with Gasteiger partial charge < -0.3 is 10.6 Å². The Hall–Kier alpha value is -1.02. The van der Waals surface area contributed by atoms with Crippen molar-refractivity contribution >= 4 is 5.69 Å². The van der Waals surface area contributed by atoms with Gasteiger partial charge in [0.15, 0.2) is 0 Å². The van der Waals surface area contributed by atoms with E-state index in [1.54, 1.807) is 0 Å². The van der Waals surface area contributed by atoms with Gasteiger partial charge >= 0.3 is 0 Å². The van der Waals surface area contributed by atoms with Crippen molar-refractivity contribution in [3.05, 3.63) is 29.3 Å². The van der Waals surface area contributed by atoms with Gasteiger partial charge in [-0.15, -0.1) is 0 Å². The molecule has 0 unspecified atom stereocenters. The smallest absolute Gasteiger partial charge is 0.0399 e. The average Bonchev–Trinajstić information content (AvgIpc) is 2.61. The lowest BCUT2D eigenvalue weighted by Gasteiger charge is -2.18. The molecule has 14 heavy (non-hydrogen) atoms. The van der Waals surface area contributed by atoms with Crippen LogP contribution in [0.3, 0.4) is 0 Å². The standard InChI is InChI=1S/C12H18N2/c1-2-6-14-7-5-11-8-10(9-13)3-4-12(11)14/h3-4,8H,2,5-7,9,13H2,1H3. The highest BCUT2D eigenvalue weighted by molar-refractivity contribution is 5.59. The van der Waals surface area contributed by atoms with Gasteiger partial charge in [0.05, 0.1) is 0 Å².